The third kappa shape index (κ3) is 4.68. The Kier molecular flexibility index (Phi) is 6.22. The SMILES string of the molecule is CCCCC(OC(=O)c1ccc(C(=O)O)cc1)C(C)C. The summed E-state index contributed by atoms with van der Waals surface area (Å²) < 4.78 is 5.51. The van der Waals surface area contributed by atoms with E-state index in [1.165, 1.54) is 24.3 Å². The highest BCUT2D eigenvalue weighted by molar-refractivity contribution is 5.92. The molecule has 0 radical (unpaired) electrons. The summed E-state index contributed by atoms with van der Waals surface area (Å²) in [7, 11) is 0. The predicted molar refractivity (Wildman–Crippen MR) is 77.0 cm³/mol. The van der Waals surface area contributed by atoms with Gasteiger partial charge in [0.25, 0.3) is 0 Å². The monoisotopic (exact) mass is 278 g/mol. The highest BCUT2D eigenvalue weighted by Crippen LogP contribution is 2.17. The zero-order chi connectivity index (χ0) is 15.1. The second kappa shape index (κ2) is 7.68. The van der Waals surface area contributed by atoms with Crippen LogP contribution in [0, 0.1) is 5.92 Å². The van der Waals surface area contributed by atoms with Gasteiger partial charge in [0, 0.05) is 0 Å². The van der Waals surface area contributed by atoms with Gasteiger partial charge >= 0.3 is 11.9 Å². The van der Waals surface area contributed by atoms with Crippen LogP contribution in [0.2, 0.25) is 0 Å². The maximum Gasteiger partial charge on any atom is 0.338 e. The number of carbonyl (C=O) groups is 2. The summed E-state index contributed by atoms with van der Waals surface area (Å²) in [5, 5.41) is 8.81. The smallest absolute Gasteiger partial charge is 0.338 e. The van der Waals surface area contributed by atoms with Gasteiger partial charge in [-0.25, -0.2) is 9.59 Å². The Morgan fingerprint density at radius 2 is 1.70 bits per heavy atom. The molecule has 0 bridgehead atoms. The highest BCUT2D eigenvalue weighted by Gasteiger charge is 2.19. The van der Waals surface area contributed by atoms with E-state index in [4.69, 9.17) is 9.84 Å². The molecule has 1 aromatic rings. The van der Waals surface area contributed by atoms with Crippen molar-refractivity contribution in [1.82, 2.24) is 0 Å². The summed E-state index contributed by atoms with van der Waals surface area (Å²) in [6, 6.07) is 5.80. The van der Waals surface area contributed by atoms with Crippen molar-refractivity contribution in [3.63, 3.8) is 0 Å². The Bertz CT molecular complexity index is 448. The van der Waals surface area contributed by atoms with Crippen molar-refractivity contribution in [2.75, 3.05) is 0 Å². The fourth-order valence-corrected chi connectivity index (χ4v) is 1.89. The van der Waals surface area contributed by atoms with Gasteiger partial charge in [-0.05, 0) is 36.6 Å². The topological polar surface area (TPSA) is 63.6 Å². The first-order valence-electron chi connectivity index (χ1n) is 7.00. The minimum absolute atomic E-state index is 0.0957. The molecule has 0 fully saturated rings. The van der Waals surface area contributed by atoms with E-state index in [2.05, 4.69) is 6.92 Å². The lowest BCUT2D eigenvalue weighted by atomic mass is 10.0. The van der Waals surface area contributed by atoms with Crippen LogP contribution >= 0.6 is 0 Å². The lowest BCUT2D eigenvalue weighted by molar-refractivity contribution is 0.0152. The molecule has 1 unspecified atom stereocenters. The molecule has 20 heavy (non-hydrogen) atoms. The molecule has 0 saturated carbocycles. The van der Waals surface area contributed by atoms with Crippen LogP contribution in [0.1, 0.15) is 60.7 Å². The van der Waals surface area contributed by atoms with Crippen LogP contribution in [0.3, 0.4) is 0 Å². The fraction of sp³-hybridized carbons (Fsp3) is 0.500. The molecule has 4 heteroatoms. The van der Waals surface area contributed by atoms with Gasteiger partial charge in [-0.2, -0.15) is 0 Å². The number of hydrogen-bond donors (Lipinski definition) is 1. The molecule has 1 atom stereocenters. The molecule has 0 spiro atoms. The highest BCUT2D eigenvalue weighted by atomic mass is 16.5. The number of esters is 1. The van der Waals surface area contributed by atoms with Gasteiger partial charge < -0.3 is 9.84 Å². The molecule has 0 heterocycles. The second-order valence-corrected chi connectivity index (χ2v) is 5.21. The molecule has 1 rings (SSSR count). The maximum atomic E-state index is 12.0. The van der Waals surface area contributed by atoms with E-state index in [0.717, 1.165) is 19.3 Å². The molecular formula is C16H22O4. The number of carboxylic acids is 1. The third-order valence-corrected chi connectivity index (χ3v) is 3.21. The van der Waals surface area contributed by atoms with E-state index in [1.54, 1.807) is 0 Å². The summed E-state index contributed by atoms with van der Waals surface area (Å²) in [6.45, 7) is 6.16. The Labute approximate surface area is 119 Å². The molecule has 0 aliphatic heterocycles. The van der Waals surface area contributed by atoms with E-state index < -0.39 is 11.9 Å². The summed E-state index contributed by atoms with van der Waals surface area (Å²) >= 11 is 0. The quantitative estimate of drug-likeness (QED) is 0.771. The van der Waals surface area contributed by atoms with E-state index in [0.29, 0.717) is 5.56 Å². The Morgan fingerprint density at radius 3 is 2.15 bits per heavy atom. The molecule has 110 valence electrons. The summed E-state index contributed by atoms with van der Waals surface area (Å²) in [5.74, 6) is -1.13. The van der Waals surface area contributed by atoms with E-state index in [9.17, 15) is 9.59 Å². The van der Waals surface area contributed by atoms with Gasteiger partial charge in [-0.1, -0.05) is 33.6 Å². The van der Waals surface area contributed by atoms with Crippen molar-refractivity contribution < 1.29 is 19.4 Å². The number of ether oxygens (including phenoxy) is 1. The average Bonchev–Trinajstić information content (AvgIpc) is 2.42. The van der Waals surface area contributed by atoms with Gasteiger partial charge in [0.2, 0.25) is 0 Å². The van der Waals surface area contributed by atoms with Crippen LogP contribution in [0.25, 0.3) is 0 Å². The molecule has 1 aromatic carbocycles. The largest absolute Gasteiger partial charge is 0.478 e. The average molecular weight is 278 g/mol. The molecular weight excluding hydrogens is 256 g/mol. The first-order chi connectivity index (χ1) is 9.45. The predicted octanol–water partition coefficient (Wildman–Crippen LogP) is 3.76. The molecule has 0 amide bonds. The minimum atomic E-state index is -1.01. The van der Waals surface area contributed by atoms with Crippen molar-refractivity contribution in [3.05, 3.63) is 35.4 Å². The zero-order valence-electron chi connectivity index (χ0n) is 12.3. The van der Waals surface area contributed by atoms with Crippen molar-refractivity contribution >= 4 is 11.9 Å². The van der Waals surface area contributed by atoms with Crippen molar-refractivity contribution in [1.29, 1.82) is 0 Å². The molecule has 4 nitrogen and oxygen atoms in total. The Morgan fingerprint density at radius 1 is 1.15 bits per heavy atom. The standard InChI is InChI=1S/C16H22O4/c1-4-5-6-14(11(2)3)20-16(19)13-9-7-12(8-10-13)15(17)18/h7-11,14H,4-6H2,1-3H3,(H,17,18). The van der Waals surface area contributed by atoms with Crippen molar-refractivity contribution in [2.24, 2.45) is 5.92 Å². The number of hydrogen-bond acceptors (Lipinski definition) is 3. The van der Waals surface area contributed by atoms with Gasteiger partial charge in [-0.15, -0.1) is 0 Å². The number of aromatic carboxylic acids is 1. The summed E-state index contributed by atoms with van der Waals surface area (Å²) in [5.41, 5.74) is 0.546. The third-order valence-electron chi connectivity index (χ3n) is 3.21. The van der Waals surface area contributed by atoms with Crippen LogP contribution in [0.4, 0.5) is 0 Å². The van der Waals surface area contributed by atoms with E-state index in [1.807, 2.05) is 13.8 Å². The fourth-order valence-electron chi connectivity index (χ4n) is 1.89. The molecule has 0 aliphatic carbocycles. The van der Waals surface area contributed by atoms with Gasteiger partial charge in [0.15, 0.2) is 0 Å². The Hall–Kier alpha value is -1.84. The lowest BCUT2D eigenvalue weighted by Crippen LogP contribution is -2.23. The number of carboxylic acid groups (broad SMARTS) is 1. The van der Waals surface area contributed by atoms with Crippen LogP contribution in [0.5, 0.6) is 0 Å². The lowest BCUT2D eigenvalue weighted by Gasteiger charge is -2.21. The minimum Gasteiger partial charge on any atom is -0.478 e. The van der Waals surface area contributed by atoms with Gasteiger partial charge in [0.1, 0.15) is 6.10 Å². The van der Waals surface area contributed by atoms with Crippen molar-refractivity contribution in [2.45, 2.75) is 46.1 Å². The number of carbonyl (C=O) groups excluding carboxylic acids is 1. The summed E-state index contributed by atoms with van der Waals surface area (Å²) in [4.78, 5) is 22.8. The first kappa shape index (κ1) is 16.2. The number of unbranched alkanes of at least 4 members (excludes halogenated alkanes) is 1. The molecule has 0 aromatic heterocycles. The Balaban J connectivity index is 2.70. The van der Waals surface area contributed by atoms with Gasteiger partial charge in [-0.3, -0.25) is 0 Å². The molecule has 1 N–H and O–H groups in total. The van der Waals surface area contributed by atoms with Crippen molar-refractivity contribution in [3.8, 4) is 0 Å². The van der Waals surface area contributed by atoms with Crippen LogP contribution in [-0.4, -0.2) is 23.1 Å². The summed E-state index contributed by atoms with van der Waals surface area (Å²) in [6.07, 6.45) is 2.84. The number of rotatable bonds is 7. The molecule has 0 aliphatic rings. The van der Waals surface area contributed by atoms with E-state index in [-0.39, 0.29) is 17.6 Å². The first-order valence-corrected chi connectivity index (χ1v) is 7.00. The van der Waals surface area contributed by atoms with E-state index >= 15 is 0 Å². The normalized spacial score (nSPS) is 12.2. The van der Waals surface area contributed by atoms with Gasteiger partial charge in [0.05, 0.1) is 11.1 Å². The zero-order valence-corrected chi connectivity index (χ0v) is 12.3. The van der Waals surface area contributed by atoms with Crippen LogP contribution in [0.15, 0.2) is 24.3 Å². The second-order valence-electron chi connectivity index (χ2n) is 5.21. The van der Waals surface area contributed by atoms with Crippen LogP contribution in [-0.2, 0) is 4.74 Å². The molecule has 0 saturated heterocycles. The number of benzene rings is 1. The van der Waals surface area contributed by atoms with Crippen LogP contribution < -0.4 is 0 Å². The maximum absolute atomic E-state index is 12.0.